The Morgan fingerprint density at radius 1 is 0.927 bits per heavy atom. The maximum absolute atomic E-state index is 13.8. The Kier molecular flexibility index (Phi) is 10.4. The van der Waals surface area contributed by atoms with E-state index in [1.807, 2.05) is 13.8 Å². The molecular formula is C29H31ClF3N3O4S. The highest BCUT2D eigenvalue weighted by Crippen LogP contribution is 2.33. The summed E-state index contributed by atoms with van der Waals surface area (Å²) in [6.07, 6.45) is -4.75. The molecule has 0 aliphatic carbocycles. The van der Waals surface area contributed by atoms with Crippen molar-refractivity contribution in [1.29, 1.82) is 0 Å². The van der Waals surface area contributed by atoms with Gasteiger partial charge in [0.1, 0.15) is 12.6 Å². The van der Waals surface area contributed by atoms with Crippen molar-refractivity contribution < 1.29 is 31.2 Å². The van der Waals surface area contributed by atoms with E-state index in [1.165, 1.54) is 42.2 Å². The Bertz CT molecular complexity index is 1470. The minimum atomic E-state index is -4.75. The fraction of sp³-hybridized carbons (Fsp3) is 0.310. The quantitative estimate of drug-likeness (QED) is 0.300. The summed E-state index contributed by atoms with van der Waals surface area (Å²) in [6, 6.07) is 16.4. The molecule has 0 saturated carbocycles. The molecule has 0 spiro atoms. The van der Waals surface area contributed by atoms with Crippen LogP contribution in [-0.2, 0) is 32.3 Å². The Labute approximate surface area is 243 Å². The van der Waals surface area contributed by atoms with Gasteiger partial charge in [0.05, 0.1) is 16.1 Å². The van der Waals surface area contributed by atoms with Gasteiger partial charge in [-0.2, -0.15) is 13.2 Å². The molecule has 0 radical (unpaired) electrons. The Morgan fingerprint density at radius 2 is 1.59 bits per heavy atom. The lowest BCUT2D eigenvalue weighted by molar-refractivity contribution is -0.139. The Balaban J connectivity index is 2.06. The summed E-state index contributed by atoms with van der Waals surface area (Å²) >= 11 is 6.12. The van der Waals surface area contributed by atoms with E-state index >= 15 is 0 Å². The van der Waals surface area contributed by atoms with E-state index in [-0.39, 0.29) is 23.0 Å². The predicted molar refractivity (Wildman–Crippen MR) is 152 cm³/mol. The lowest BCUT2D eigenvalue weighted by Crippen LogP contribution is -2.51. The van der Waals surface area contributed by atoms with Crippen molar-refractivity contribution in [3.63, 3.8) is 0 Å². The third kappa shape index (κ3) is 8.46. The number of hydrogen-bond acceptors (Lipinski definition) is 4. The van der Waals surface area contributed by atoms with Crippen LogP contribution >= 0.6 is 11.6 Å². The van der Waals surface area contributed by atoms with Crippen LogP contribution < -0.4 is 9.62 Å². The van der Waals surface area contributed by atoms with Crippen molar-refractivity contribution in [2.45, 2.75) is 44.4 Å². The number of carbonyl (C=O) groups excluding carboxylic acids is 2. The largest absolute Gasteiger partial charge is 0.416 e. The second-order valence-corrected chi connectivity index (χ2v) is 12.1. The van der Waals surface area contributed by atoms with Crippen molar-refractivity contribution in [2.24, 2.45) is 5.92 Å². The Hall–Kier alpha value is -3.57. The molecule has 2 amide bonds. The summed E-state index contributed by atoms with van der Waals surface area (Å²) in [6.45, 7) is 4.69. The highest BCUT2D eigenvalue weighted by Gasteiger charge is 2.35. The average molecular weight is 610 g/mol. The highest BCUT2D eigenvalue weighted by atomic mass is 35.5. The van der Waals surface area contributed by atoms with E-state index in [4.69, 9.17) is 11.6 Å². The molecule has 3 aromatic carbocycles. The first-order chi connectivity index (χ1) is 19.2. The lowest BCUT2D eigenvalue weighted by Gasteiger charge is -2.32. The maximum atomic E-state index is 13.8. The summed E-state index contributed by atoms with van der Waals surface area (Å²) in [5.41, 5.74) is -0.851. The fourth-order valence-electron chi connectivity index (χ4n) is 3.95. The van der Waals surface area contributed by atoms with E-state index in [9.17, 15) is 31.2 Å². The van der Waals surface area contributed by atoms with Gasteiger partial charge >= 0.3 is 6.18 Å². The molecule has 41 heavy (non-hydrogen) atoms. The highest BCUT2D eigenvalue weighted by molar-refractivity contribution is 7.92. The molecule has 220 valence electrons. The monoisotopic (exact) mass is 609 g/mol. The topological polar surface area (TPSA) is 86.8 Å². The summed E-state index contributed by atoms with van der Waals surface area (Å²) in [7, 11) is -4.50. The van der Waals surface area contributed by atoms with Crippen molar-refractivity contribution in [3.05, 3.63) is 95.0 Å². The van der Waals surface area contributed by atoms with Crippen LogP contribution in [0.5, 0.6) is 0 Å². The molecule has 0 aromatic heterocycles. The zero-order valence-electron chi connectivity index (χ0n) is 22.7. The molecule has 1 atom stereocenters. The second-order valence-electron chi connectivity index (χ2n) is 9.84. The SMILES string of the molecule is CC(C)CNC(=O)C(C)N(Cc1cccc(Cl)c1)C(=O)CN(c1cccc(C(F)(F)F)c1)S(=O)(=O)c1ccccc1. The number of nitrogens with zero attached hydrogens (tertiary/aromatic N) is 2. The number of halogens is 4. The molecule has 0 aliphatic heterocycles. The summed E-state index contributed by atoms with van der Waals surface area (Å²) in [5, 5.41) is 3.16. The van der Waals surface area contributed by atoms with Crippen molar-refractivity contribution >= 4 is 39.1 Å². The normalized spacial score (nSPS) is 12.6. The molecule has 0 heterocycles. The van der Waals surface area contributed by atoms with Gasteiger partial charge in [-0.3, -0.25) is 13.9 Å². The summed E-state index contributed by atoms with van der Waals surface area (Å²) < 4.78 is 68.7. The van der Waals surface area contributed by atoms with Crippen LogP contribution in [0.4, 0.5) is 18.9 Å². The van der Waals surface area contributed by atoms with Gasteiger partial charge in [-0.15, -0.1) is 0 Å². The van der Waals surface area contributed by atoms with E-state index in [0.717, 1.165) is 12.1 Å². The number of nitrogens with one attached hydrogen (secondary N) is 1. The predicted octanol–water partition coefficient (Wildman–Crippen LogP) is 5.74. The van der Waals surface area contributed by atoms with E-state index in [1.54, 1.807) is 30.3 Å². The van der Waals surface area contributed by atoms with Crippen LogP contribution in [0.1, 0.15) is 31.9 Å². The standard InChI is InChI=1S/C29H31ClF3N3O4S/c1-20(2)17-34-28(38)21(3)35(18-22-9-7-11-24(30)15-22)27(37)19-36(41(39,40)26-13-5-4-6-14-26)25-12-8-10-23(16-25)29(31,32)33/h4-16,20-21H,17-19H2,1-3H3,(H,34,38). The van der Waals surface area contributed by atoms with E-state index < -0.39 is 46.2 Å². The number of carbonyl (C=O) groups is 2. The van der Waals surface area contributed by atoms with Gasteiger partial charge in [0, 0.05) is 18.1 Å². The van der Waals surface area contributed by atoms with Crippen LogP contribution in [0.15, 0.2) is 83.8 Å². The molecule has 3 rings (SSSR count). The van der Waals surface area contributed by atoms with Crippen molar-refractivity contribution in [2.75, 3.05) is 17.4 Å². The van der Waals surface area contributed by atoms with Crippen LogP contribution in [0.25, 0.3) is 0 Å². The molecule has 3 aromatic rings. The third-order valence-electron chi connectivity index (χ3n) is 6.17. The number of hydrogen-bond donors (Lipinski definition) is 1. The second kappa shape index (κ2) is 13.4. The lowest BCUT2D eigenvalue weighted by atomic mass is 10.1. The van der Waals surface area contributed by atoms with Gasteiger partial charge in [0.2, 0.25) is 11.8 Å². The zero-order chi connectivity index (χ0) is 30.4. The zero-order valence-corrected chi connectivity index (χ0v) is 24.3. The van der Waals surface area contributed by atoms with Crippen LogP contribution in [-0.4, -0.2) is 44.3 Å². The van der Waals surface area contributed by atoms with Crippen molar-refractivity contribution in [1.82, 2.24) is 10.2 Å². The number of alkyl halides is 3. The first-order valence-electron chi connectivity index (χ1n) is 12.8. The van der Waals surface area contributed by atoms with Gasteiger partial charge in [-0.25, -0.2) is 8.42 Å². The number of anilines is 1. The third-order valence-corrected chi connectivity index (χ3v) is 8.19. The maximum Gasteiger partial charge on any atom is 0.416 e. The van der Waals surface area contributed by atoms with Crippen molar-refractivity contribution in [3.8, 4) is 0 Å². The molecule has 0 aliphatic rings. The first-order valence-corrected chi connectivity index (χ1v) is 14.6. The summed E-state index contributed by atoms with van der Waals surface area (Å²) in [4.78, 5) is 27.8. The van der Waals surface area contributed by atoms with E-state index in [0.29, 0.717) is 27.5 Å². The number of sulfonamides is 1. The Morgan fingerprint density at radius 3 is 2.20 bits per heavy atom. The molecule has 1 unspecified atom stereocenters. The molecule has 1 N–H and O–H groups in total. The number of amides is 2. The smallest absolute Gasteiger partial charge is 0.354 e. The first kappa shape index (κ1) is 32.0. The molecule has 0 fully saturated rings. The molecule has 12 heteroatoms. The van der Waals surface area contributed by atoms with Gasteiger partial charge in [-0.05, 0) is 60.9 Å². The average Bonchev–Trinajstić information content (AvgIpc) is 2.92. The molecule has 7 nitrogen and oxygen atoms in total. The molecule has 0 bridgehead atoms. The van der Waals surface area contributed by atoms with E-state index in [2.05, 4.69) is 5.32 Å². The summed E-state index contributed by atoms with van der Waals surface area (Å²) in [5.74, 6) is -1.13. The van der Waals surface area contributed by atoms with Gasteiger partial charge in [0.25, 0.3) is 10.0 Å². The minimum absolute atomic E-state index is 0.0997. The number of rotatable bonds is 11. The molecular weight excluding hydrogens is 579 g/mol. The number of benzene rings is 3. The molecule has 0 saturated heterocycles. The van der Waals surface area contributed by atoms with Crippen LogP contribution in [0, 0.1) is 5.92 Å². The van der Waals surface area contributed by atoms with Gasteiger partial charge in [-0.1, -0.05) is 61.8 Å². The van der Waals surface area contributed by atoms with Gasteiger partial charge < -0.3 is 10.2 Å². The van der Waals surface area contributed by atoms with Crippen LogP contribution in [0.3, 0.4) is 0 Å². The van der Waals surface area contributed by atoms with Crippen LogP contribution in [0.2, 0.25) is 5.02 Å². The van der Waals surface area contributed by atoms with Gasteiger partial charge in [0.15, 0.2) is 0 Å². The minimum Gasteiger partial charge on any atom is -0.354 e. The fourth-order valence-corrected chi connectivity index (χ4v) is 5.59.